The number of rotatable bonds is 10. The summed E-state index contributed by atoms with van der Waals surface area (Å²) in [7, 11) is 0. The van der Waals surface area contributed by atoms with Crippen LogP contribution in [-0.2, 0) is 14.4 Å². The molecule has 152 valence electrons. The van der Waals surface area contributed by atoms with E-state index in [4.69, 9.17) is 21.7 Å². The van der Waals surface area contributed by atoms with Gasteiger partial charge in [0.2, 0.25) is 11.8 Å². The second kappa shape index (κ2) is 11.1. The summed E-state index contributed by atoms with van der Waals surface area (Å²) >= 11 is 0. The lowest BCUT2D eigenvalue weighted by molar-refractivity contribution is -0.140. The van der Waals surface area contributed by atoms with Gasteiger partial charge in [0, 0.05) is 12.1 Å². The molecule has 28 heavy (non-hydrogen) atoms. The van der Waals surface area contributed by atoms with Gasteiger partial charge >= 0.3 is 5.97 Å². The molecule has 0 saturated heterocycles. The summed E-state index contributed by atoms with van der Waals surface area (Å²) in [6.45, 7) is -0.920. The van der Waals surface area contributed by atoms with E-state index in [-0.39, 0.29) is 24.7 Å². The van der Waals surface area contributed by atoms with Gasteiger partial charge in [0.25, 0.3) is 5.91 Å². The highest BCUT2D eigenvalue weighted by atomic mass is 16.4. The number of aliphatic hydroxyl groups is 1. The number of hydrogen-bond acceptors (Lipinski definition) is 6. The molecule has 0 spiro atoms. The Morgan fingerprint density at radius 1 is 1.14 bits per heavy atom. The lowest BCUT2D eigenvalue weighted by atomic mass is 10.2. The number of aliphatic hydroxyl groups excluding tert-OH is 1. The van der Waals surface area contributed by atoms with E-state index in [9.17, 15) is 19.2 Å². The van der Waals surface area contributed by atoms with Crippen LogP contribution in [0, 0.1) is 0 Å². The Balaban J connectivity index is 2.66. The molecule has 1 aromatic rings. The molecule has 1 unspecified atom stereocenters. The number of guanidine groups is 1. The van der Waals surface area contributed by atoms with Crippen LogP contribution in [0.2, 0.25) is 0 Å². The minimum atomic E-state index is -1.35. The van der Waals surface area contributed by atoms with Gasteiger partial charge in [0.1, 0.15) is 6.04 Å². The predicted octanol–water partition coefficient (Wildman–Crippen LogP) is -2.61. The zero-order chi connectivity index (χ0) is 21.1. The zero-order valence-electron chi connectivity index (χ0n) is 14.8. The van der Waals surface area contributed by atoms with E-state index in [0.717, 1.165) is 0 Å². The summed E-state index contributed by atoms with van der Waals surface area (Å²) in [6, 6.07) is 4.66. The number of nitrogens with two attached hydrogens (primary N) is 2. The summed E-state index contributed by atoms with van der Waals surface area (Å²) < 4.78 is 0. The SMILES string of the molecule is NC(N)=Nc1cccc(C(=O)NCC(=O)NC(CC(=O)O)C(=O)NCCO)c1. The number of benzene rings is 1. The van der Waals surface area contributed by atoms with Gasteiger partial charge in [0.15, 0.2) is 5.96 Å². The van der Waals surface area contributed by atoms with Crippen molar-refractivity contribution in [2.45, 2.75) is 12.5 Å². The average molecular weight is 394 g/mol. The van der Waals surface area contributed by atoms with Crippen LogP contribution >= 0.6 is 0 Å². The zero-order valence-corrected chi connectivity index (χ0v) is 14.8. The molecule has 1 rings (SSSR count). The highest BCUT2D eigenvalue weighted by molar-refractivity contribution is 5.98. The Bertz CT molecular complexity index is 762. The number of carboxylic acid groups (broad SMARTS) is 1. The van der Waals surface area contributed by atoms with Crippen LogP contribution in [0.5, 0.6) is 0 Å². The van der Waals surface area contributed by atoms with Gasteiger partial charge < -0.3 is 37.6 Å². The van der Waals surface area contributed by atoms with Crippen LogP contribution in [0.15, 0.2) is 29.3 Å². The molecule has 0 aliphatic rings. The summed E-state index contributed by atoms with van der Waals surface area (Å²) in [5.41, 5.74) is 11.1. The van der Waals surface area contributed by atoms with Crippen molar-refractivity contribution in [3.63, 3.8) is 0 Å². The number of carboxylic acids is 1. The van der Waals surface area contributed by atoms with Crippen molar-refractivity contribution in [2.24, 2.45) is 16.5 Å². The first-order chi connectivity index (χ1) is 13.2. The number of nitrogens with one attached hydrogen (secondary N) is 3. The molecule has 0 fully saturated rings. The number of carbonyl (C=O) groups is 4. The molecule has 0 aliphatic heterocycles. The molecule has 3 amide bonds. The Morgan fingerprint density at radius 3 is 2.46 bits per heavy atom. The molecule has 1 aromatic carbocycles. The summed E-state index contributed by atoms with van der Waals surface area (Å²) in [4.78, 5) is 50.6. The molecular formula is C16H22N6O6. The topological polar surface area (TPSA) is 209 Å². The van der Waals surface area contributed by atoms with E-state index in [1.165, 1.54) is 12.1 Å². The Labute approximate surface area is 160 Å². The van der Waals surface area contributed by atoms with E-state index >= 15 is 0 Å². The molecule has 12 nitrogen and oxygen atoms in total. The molecule has 0 aliphatic carbocycles. The maximum atomic E-state index is 12.1. The minimum absolute atomic E-state index is 0.0896. The van der Waals surface area contributed by atoms with Crippen molar-refractivity contribution in [2.75, 3.05) is 19.7 Å². The van der Waals surface area contributed by atoms with E-state index in [2.05, 4.69) is 20.9 Å². The summed E-state index contributed by atoms with van der Waals surface area (Å²) in [6.07, 6.45) is -0.655. The molecule has 9 N–H and O–H groups in total. The first-order valence-corrected chi connectivity index (χ1v) is 8.10. The smallest absolute Gasteiger partial charge is 0.305 e. The Hall–Kier alpha value is -3.67. The molecule has 1 atom stereocenters. The van der Waals surface area contributed by atoms with Crippen molar-refractivity contribution in [3.8, 4) is 0 Å². The van der Waals surface area contributed by atoms with E-state index in [1.807, 2.05) is 0 Å². The molecule has 0 bridgehead atoms. The lowest BCUT2D eigenvalue weighted by Crippen LogP contribution is -2.50. The van der Waals surface area contributed by atoms with Crippen molar-refractivity contribution in [1.29, 1.82) is 0 Å². The van der Waals surface area contributed by atoms with Gasteiger partial charge in [-0.2, -0.15) is 0 Å². The van der Waals surface area contributed by atoms with Crippen molar-refractivity contribution in [1.82, 2.24) is 16.0 Å². The van der Waals surface area contributed by atoms with Crippen LogP contribution < -0.4 is 27.4 Å². The summed E-state index contributed by atoms with van der Waals surface area (Å²) in [5.74, 6) is -3.60. The third-order valence-electron chi connectivity index (χ3n) is 3.22. The van der Waals surface area contributed by atoms with E-state index in [0.29, 0.717) is 5.69 Å². The molecular weight excluding hydrogens is 372 g/mol. The standard InChI is InChI=1S/C16H22N6O6/c17-16(18)21-10-3-1-2-9(6-10)14(27)20-8-12(24)22-11(7-13(25)26)15(28)19-4-5-23/h1-3,6,11,23H,4-5,7-8H2,(H,19,28)(H,20,27)(H,22,24)(H,25,26)(H4,17,18,21). The summed E-state index contributed by atoms with van der Waals surface area (Å²) in [5, 5.41) is 24.4. The van der Waals surface area contributed by atoms with E-state index in [1.54, 1.807) is 12.1 Å². The van der Waals surface area contributed by atoms with Gasteiger partial charge in [-0.25, -0.2) is 4.99 Å². The second-order valence-corrected chi connectivity index (χ2v) is 5.50. The lowest BCUT2D eigenvalue weighted by Gasteiger charge is -2.16. The normalized spacial score (nSPS) is 11.0. The fourth-order valence-electron chi connectivity index (χ4n) is 2.06. The van der Waals surface area contributed by atoms with Gasteiger partial charge in [-0.05, 0) is 18.2 Å². The molecule has 12 heteroatoms. The molecule has 0 heterocycles. The van der Waals surface area contributed by atoms with E-state index < -0.39 is 42.7 Å². The van der Waals surface area contributed by atoms with Crippen LogP contribution in [0.3, 0.4) is 0 Å². The van der Waals surface area contributed by atoms with Crippen LogP contribution in [0.4, 0.5) is 5.69 Å². The maximum Gasteiger partial charge on any atom is 0.305 e. The monoisotopic (exact) mass is 394 g/mol. The minimum Gasteiger partial charge on any atom is -0.481 e. The van der Waals surface area contributed by atoms with Crippen molar-refractivity contribution >= 4 is 35.3 Å². The predicted molar refractivity (Wildman–Crippen MR) is 98.5 cm³/mol. The molecule has 0 aromatic heterocycles. The fraction of sp³-hybridized carbons (Fsp3) is 0.312. The third-order valence-corrected chi connectivity index (χ3v) is 3.22. The highest BCUT2D eigenvalue weighted by Crippen LogP contribution is 2.13. The number of aliphatic carboxylic acids is 1. The number of hydrogen-bond donors (Lipinski definition) is 7. The average Bonchev–Trinajstić information content (AvgIpc) is 2.62. The number of carbonyl (C=O) groups excluding carboxylic acids is 3. The number of amides is 3. The number of aliphatic imine (C=N–C) groups is 1. The maximum absolute atomic E-state index is 12.1. The molecule has 0 radical (unpaired) electrons. The quantitative estimate of drug-likeness (QED) is 0.165. The fourth-order valence-corrected chi connectivity index (χ4v) is 2.06. The van der Waals surface area contributed by atoms with Crippen LogP contribution in [0.1, 0.15) is 16.8 Å². The Kier molecular flexibility index (Phi) is 8.89. The van der Waals surface area contributed by atoms with Crippen LogP contribution in [0.25, 0.3) is 0 Å². The van der Waals surface area contributed by atoms with Gasteiger partial charge in [-0.1, -0.05) is 6.07 Å². The van der Waals surface area contributed by atoms with Gasteiger partial charge in [0.05, 0.1) is 25.3 Å². The van der Waals surface area contributed by atoms with Gasteiger partial charge in [-0.3, -0.25) is 19.2 Å². The van der Waals surface area contributed by atoms with Crippen molar-refractivity contribution < 1.29 is 29.4 Å². The highest BCUT2D eigenvalue weighted by Gasteiger charge is 2.23. The van der Waals surface area contributed by atoms with Crippen molar-refractivity contribution in [3.05, 3.63) is 29.8 Å². The van der Waals surface area contributed by atoms with Crippen LogP contribution in [-0.4, -0.2) is 65.6 Å². The third kappa shape index (κ3) is 8.14. The second-order valence-electron chi connectivity index (χ2n) is 5.50. The number of nitrogens with zero attached hydrogens (tertiary/aromatic N) is 1. The van der Waals surface area contributed by atoms with Gasteiger partial charge in [-0.15, -0.1) is 0 Å². The first kappa shape index (κ1) is 22.4. The Morgan fingerprint density at radius 2 is 1.86 bits per heavy atom. The largest absolute Gasteiger partial charge is 0.481 e. The molecule has 0 saturated carbocycles. The first-order valence-electron chi connectivity index (χ1n) is 8.10.